The van der Waals surface area contributed by atoms with Crippen molar-refractivity contribution in [3.05, 3.63) is 65.7 Å². The average Bonchev–Trinajstić information content (AvgIpc) is 2.76. The minimum Gasteiger partial charge on any atom is -0.375 e. The van der Waals surface area contributed by atoms with E-state index in [1.807, 2.05) is 61.5 Å². The number of carbonyl (C=O) groups excluding carboxylic acids is 1. The molecule has 1 aliphatic carbocycles. The Hall–Kier alpha value is -2.77. The molecule has 3 N–H and O–H groups in total. The molecule has 0 radical (unpaired) electrons. The van der Waals surface area contributed by atoms with Crippen LogP contribution in [-0.4, -0.2) is 17.2 Å². The first-order valence-corrected chi connectivity index (χ1v) is 10.4. The van der Waals surface area contributed by atoms with Gasteiger partial charge in [0.05, 0.1) is 0 Å². The van der Waals surface area contributed by atoms with E-state index in [1.54, 1.807) is 6.92 Å². The Morgan fingerprint density at radius 2 is 1.72 bits per heavy atom. The monoisotopic (exact) mass is 390 g/mol. The van der Waals surface area contributed by atoms with Crippen LogP contribution in [0.5, 0.6) is 0 Å². The third-order valence-electron chi connectivity index (χ3n) is 5.68. The summed E-state index contributed by atoms with van der Waals surface area (Å²) in [5.41, 5.74) is 1.10. The maximum absolute atomic E-state index is 13.4. The van der Waals surface area contributed by atoms with Crippen LogP contribution in [0.2, 0.25) is 0 Å². The summed E-state index contributed by atoms with van der Waals surface area (Å²) in [4.78, 5) is 13.4. The Balaban J connectivity index is 1.85. The molecule has 0 bridgehead atoms. The highest BCUT2D eigenvalue weighted by molar-refractivity contribution is 5.87. The second kappa shape index (κ2) is 9.62. The Morgan fingerprint density at radius 1 is 1.07 bits per heavy atom. The molecular weight excluding hydrogens is 360 g/mol. The van der Waals surface area contributed by atoms with Crippen LogP contribution in [0.4, 0.5) is 5.69 Å². The highest BCUT2D eigenvalue weighted by Crippen LogP contribution is 2.39. The van der Waals surface area contributed by atoms with Crippen LogP contribution in [0.15, 0.2) is 54.6 Å². The van der Waals surface area contributed by atoms with Gasteiger partial charge in [0, 0.05) is 11.6 Å². The summed E-state index contributed by atoms with van der Waals surface area (Å²) in [6.45, 7) is 3.76. The van der Waals surface area contributed by atoms with Crippen LogP contribution in [0.3, 0.4) is 0 Å². The summed E-state index contributed by atoms with van der Waals surface area (Å²) >= 11 is 0. The second-order valence-electron chi connectivity index (χ2n) is 7.78. The van der Waals surface area contributed by atoms with E-state index in [0.29, 0.717) is 5.56 Å². The summed E-state index contributed by atoms with van der Waals surface area (Å²) in [5, 5.41) is 17.9. The van der Waals surface area contributed by atoms with Gasteiger partial charge in [0.15, 0.2) is 11.8 Å². The van der Waals surface area contributed by atoms with Gasteiger partial charge in [-0.15, -0.1) is 5.92 Å². The number of rotatable bonds is 6. The van der Waals surface area contributed by atoms with Crippen molar-refractivity contribution in [2.24, 2.45) is 5.92 Å². The lowest BCUT2D eigenvalue weighted by atomic mass is 9.73. The Kier molecular flexibility index (Phi) is 6.95. The molecule has 4 heteroatoms. The number of aliphatic hydroxyl groups is 1. The third-order valence-corrected chi connectivity index (χ3v) is 5.68. The highest BCUT2D eigenvalue weighted by atomic mass is 16.3. The van der Waals surface area contributed by atoms with Crippen molar-refractivity contribution in [1.29, 1.82) is 0 Å². The molecule has 0 heterocycles. The Labute approximate surface area is 173 Å². The molecule has 3 rings (SSSR count). The molecule has 0 aromatic heterocycles. The zero-order valence-corrected chi connectivity index (χ0v) is 17.2. The van der Waals surface area contributed by atoms with E-state index in [9.17, 15) is 9.90 Å². The van der Waals surface area contributed by atoms with Gasteiger partial charge < -0.3 is 15.7 Å². The summed E-state index contributed by atoms with van der Waals surface area (Å²) in [5.74, 6) is 5.36. The normalized spacial score (nSPS) is 17.3. The number of aryl methyl sites for hydroxylation is 1. The van der Waals surface area contributed by atoms with Gasteiger partial charge >= 0.3 is 0 Å². The number of hydrogen-bond donors (Lipinski definition) is 3. The molecule has 0 saturated heterocycles. The molecule has 0 aliphatic heterocycles. The Bertz CT molecular complexity index is 861. The van der Waals surface area contributed by atoms with Crippen molar-refractivity contribution in [3.8, 4) is 11.8 Å². The van der Waals surface area contributed by atoms with E-state index >= 15 is 0 Å². The van der Waals surface area contributed by atoms with Gasteiger partial charge in [-0.1, -0.05) is 73.2 Å². The zero-order chi connectivity index (χ0) is 20.7. The molecule has 29 heavy (non-hydrogen) atoms. The lowest BCUT2D eigenvalue weighted by Gasteiger charge is -2.38. The van der Waals surface area contributed by atoms with Crippen molar-refractivity contribution in [2.45, 2.75) is 57.7 Å². The van der Waals surface area contributed by atoms with Crippen LogP contribution in [0.25, 0.3) is 0 Å². The molecule has 2 unspecified atom stereocenters. The minimum atomic E-state index is -1.57. The maximum atomic E-state index is 13.4. The van der Waals surface area contributed by atoms with E-state index in [4.69, 9.17) is 0 Å². The number of amides is 1. The first-order valence-electron chi connectivity index (χ1n) is 10.4. The largest absolute Gasteiger partial charge is 0.375 e. The second-order valence-corrected chi connectivity index (χ2v) is 7.78. The molecule has 1 fully saturated rings. The van der Waals surface area contributed by atoms with E-state index in [1.165, 1.54) is 0 Å². The fourth-order valence-electron chi connectivity index (χ4n) is 4.07. The van der Waals surface area contributed by atoms with Gasteiger partial charge in [0.25, 0.3) is 5.91 Å². The molecular formula is C25H30N2O2. The maximum Gasteiger partial charge on any atom is 0.259 e. The molecule has 152 valence electrons. The smallest absolute Gasteiger partial charge is 0.259 e. The van der Waals surface area contributed by atoms with Crippen molar-refractivity contribution < 1.29 is 9.90 Å². The van der Waals surface area contributed by atoms with E-state index < -0.39 is 17.7 Å². The molecule has 1 aliphatic rings. The van der Waals surface area contributed by atoms with Crippen molar-refractivity contribution >= 4 is 11.6 Å². The quantitative estimate of drug-likeness (QED) is 0.508. The van der Waals surface area contributed by atoms with Gasteiger partial charge in [-0.05, 0) is 44.4 Å². The zero-order valence-electron chi connectivity index (χ0n) is 17.2. The number of hydrogen-bond acceptors (Lipinski definition) is 3. The van der Waals surface area contributed by atoms with Gasteiger partial charge in [0.2, 0.25) is 0 Å². The summed E-state index contributed by atoms with van der Waals surface area (Å²) in [6, 6.07) is 17.2. The molecule has 4 nitrogen and oxygen atoms in total. The number of carbonyl (C=O) groups is 1. The van der Waals surface area contributed by atoms with Crippen molar-refractivity contribution in [2.75, 3.05) is 5.32 Å². The van der Waals surface area contributed by atoms with Crippen molar-refractivity contribution in [3.63, 3.8) is 0 Å². The number of nitrogens with one attached hydrogen (secondary N) is 2. The predicted octanol–water partition coefficient (Wildman–Crippen LogP) is 4.34. The molecule has 1 saturated carbocycles. The predicted molar refractivity (Wildman–Crippen MR) is 117 cm³/mol. The van der Waals surface area contributed by atoms with Gasteiger partial charge in [-0.2, -0.15) is 0 Å². The van der Waals surface area contributed by atoms with Crippen LogP contribution in [0.1, 0.15) is 50.2 Å². The molecule has 2 aromatic carbocycles. The van der Waals surface area contributed by atoms with Gasteiger partial charge in [0.1, 0.15) is 0 Å². The van der Waals surface area contributed by atoms with Crippen LogP contribution >= 0.6 is 0 Å². The molecule has 0 spiro atoms. The lowest BCUT2D eigenvalue weighted by Crippen LogP contribution is -2.54. The van der Waals surface area contributed by atoms with Crippen molar-refractivity contribution in [1.82, 2.24) is 5.32 Å². The third kappa shape index (κ3) is 4.99. The van der Waals surface area contributed by atoms with Gasteiger partial charge in [-0.3, -0.25) is 4.79 Å². The standard InChI is InChI=1S/C25H30N2O2/c1-3-10-23(26-22-17-15-19(2)16-18-22)27-24(28)25(29,20-11-6-4-7-12-20)21-13-8-5-9-14-21/h4,6-7,11-12,15-18,21,23,26,29H,5,8-9,13-14H2,1-2H3,(H,27,28). The lowest BCUT2D eigenvalue weighted by molar-refractivity contribution is -0.149. The average molecular weight is 391 g/mol. The first-order chi connectivity index (χ1) is 14.0. The topological polar surface area (TPSA) is 61.4 Å². The summed E-state index contributed by atoms with van der Waals surface area (Å²) in [6.07, 6.45) is 4.32. The van der Waals surface area contributed by atoms with E-state index in [0.717, 1.165) is 43.4 Å². The van der Waals surface area contributed by atoms with Crippen LogP contribution < -0.4 is 10.6 Å². The summed E-state index contributed by atoms with van der Waals surface area (Å²) in [7, 11) is 0. The number of anilines is 1. The SMILES string of the molecule is CC#CC(NC(=O)C(O)(c1ccccc1)C1CCCCC1)Nc1ccc(C)cc1. The van der Waals surface area contributed by atoms with E-state index in [-0.39, 0.29) is 5.92 Å². The van der Waals surface area contributed by atoms with Crippen LogP contribution in [-0.2, 0) is 10.4 Å². The summed E-state index contributed by atoms with van der Waals surface area (Å²) < 4.78 is 0. The molecule has 2 aromatic rings. The fraction of sp³-hybridized carbons (Fsp3) is 0.400. The molecule has 1 amide bonds. The van der Waals surface area contributed by atoms with E-state index in [2.05, 4.69) is 22.5 Å². The van der Waals surface area contributed by atoms with Crippen LogP contribution in [0, 0.1) is 24.7 Å². The Morgan fingerprint density at radius 3 is 2.34 bits per heavy atom. The first kappa shape index (κ1) is 21.0. The highest BCUT2D eigenvalue weighted by Gasteiger charge is 2.46. The number of benzene rings is 2. The fourth-order valence-corrected chi connectivity index (χ4v) is 4.07. The van der Waals surface area contributed by atoms with Gasteiger partial charge in [-0.25, -0.2) is 0 Å². The molecule has 2 atom stereocenters. The minimum absolute atomic E-state index is 0.103.